The van der Waals surface area contributed by atoms with Crippen molar-refractivity contribution >= 4 is 27.5 Å². The van der Waals surface area contributed by atoms with Gasteiger partial charge < -0.3 is 14.8 Å². The zero-order valence-corrected chi connectivity index (χ0v) is 18.4. The maximum absolute atomic E-state index is 13.2. The smallest absolute Gasteiger partial charge is 0.256 e. The van der Waals surface area contributed by atoms with Crippen molar-refractivity contribution in [3.63, 3.8) is 0 Å². The van der Waals surface area contributed by atoms with E-state index in [4.69, 9.17) is 9.47 Å². The summed E-state index contributed by atoms with van der Waals surface area (Å²) in [4.78, 5) is 27.0. The first-order valence-electron chi connectivity index (χ1n) is 9.62. The van der Waals surface area contributed by atoms with Crippen molar-refractivity contribution in [2.75, 3.05) is 32.6 Å². The molecule has 0 aliphatic carbocycles. The second kappa shape index (κ2) is 7.55. The standard InChI is InChI=1S/C21H22BrN3O5/c1-4-30-18-15(22)9-12(10-17(18)29-3)13-11-24(2)21(19(13)25(27)28)14-7-5-6-8-16(14)23-20(21)26/h5-10,13,19H,4,11H2,1-3H3,(H,23,26)/t13-,19-,21+/m0/s1. The Morgan fingerprint density at radius 2 is 2.10 bits per heavy atom. The van der Waals surface area contributed by atoms with Gasteiger partial charge >= 0.3 is 0 Å². The van der Waals surface area contributed by atoms with Crippen molar-refractivity contribution < 1.29 is 19.2 Å². The molecule has 2 aliphatic heterocycles. The molecule has 1 spiro atoms. The Labute approximate surface area is 182 Å². The van der Waals surface area contributed by atoms with Crippen LogP contribution >= 0.6 is 15.9 Å². The van der Waals surface area contributed by atoms with E-state index >= 15 is 0 Å². The lowest BCUT2D eigenvalue weighted by atomic mass is 9.79. The first-order chi connectivity index (χ1) is 14.4. The molecular weight excluding hydrogens is 454 g/mol. The maximum Gasteiger partial charge on any atom is 0.256 e. The van der Waals surface area contributed by atoms with E-state index in [9.17, 15) is 14.9 Å². The van der Waals surface area contributed by atoms with Gasteiger partial charge in [-0.25, -0.2) is 0 Å². The number of anilines is 1. The first kappa shape index (κ1) is 20.6. The largest absolute Gasteiger partial charge is 0.493 e. The SMILES string of the molecule is CCOc1c(Br)cc([C@@H]2CN(C)[C@@]3(C(=O)Nc4ccccc43)[C@H]2[N+](=O)[O-])cc1OC. The monoisotopic (exact) mass is 475 g/mol. The second-order valence-electron chi connectivity index (χ2n) is 7.45. The topological polar surface area (TPSA) is 93.9 Å². The number of halogens is 1. The highest BCUT2D eigenvalue weighted by Crippen LogP contribution is 2.53. The number of likely N-dealkylation sites (tertiary alicyclic amines) is 1. The quantitative estimate of drug-likeness (QED) is 0.526. The number of para-hydroxylation sites is 1. The highest BCUT2D eigenvalue weighted by Gasteiger charge is 2.68. The van der Waals surface area contributed by atoms with Crippen LogP contribution in [0.2, 0.25) is 0 Å². The minimum absolute atomic E-state index is 0.327. The van der Waals surface area contributed by atoms with Crippen LogP contribution in [-0.2, 0) is 10.3 Å². The number of amides is 1. The van der Waals surface area contributed by atoms with Crippen LogP contribution in [0, 0.1) is 10.1 Å². The summed E-state index contributed by atoms with van der Waals surface area (Å²) in [7, 11) is 3.29. The Morgan fingerprint density at radius 3 is 2.77 bits per heavy atom. The number of fused-ring (bicyclic) bond motifs is 2. The van der Waals surface area contributed by atoms with Crippen LogP contribution in [0.25, 0.3) is 0 Å². The molecule has 158 valence electrons. The molecule has 8 nitrogen and oxygen atoms in total. The molecule has 2 aliphatic rings. The van der Waals surface area contributed by atoms with Gasteiger partial charge in [0.2, 0.25) is 0 Å². The second-order valence-corrected chi connectivity index (χ2v) is 8.30. The predicted octanol–water partition coefficient (Wildman–Crippen LogP) is 3.38. The summed E-state index contributed by atoms with van der Waals surface area (Å²) in [5.74, 6) is 0.143. The van der Waals surface area contributed by atoms with Crippen LogP contribution in [0.5, 0.6) is 11.5 Å². The molecule has 3 atom stereocenters. The Hall–Kier alpha value is -2.65. The Balaban J connectivity index is 1.87. The normalized spacial score (nSPS) is 25.3. The third-order valence-corrected chi connectivity index (χ3v) is 6.60. The number of methoxy groups -OCH3 is 1. The fraction of sp³-hybridized carbons (Fsp3) is 0.381. The first-order valence-corrected chi connectivity index (χ1v) is 10.4. The van der Waals surface area contributed by atoms with E-state index in [0.717, 1.165) is 0 Å². The van der Waals surface area contributed by atoms with Gasteiger partial charge in [0.05, 0.1) is 24.1 Å². The number of benzene rings is 2. The Morgan fingerprint density at radius 1 is 1.37 bits per heavy atom. The molecule has 1 saturated heterocycles. The molecule has 9 heteroatoms. The number of hydrogen-bond acceptors (Lipinski definition) is 6. The fourth-order valence-corrected chi connectivity index (χ4v) is 5.39. The van der Waals surface area contributed by atoms with Gasteiger partial charge in [0.15, 0.2) is 17.0 Å². The van der Waals surface area contributed by atoms with Crippen LogP contribution < -0.4 is 14.8 Å². The molecule has 0 radical (unpaired) electrons. The van der Waals surface area contributed by atoms with E-state index in [1.807, 2.05) is 13.0 Å². The lowest BCUT2D eigenvalue weighted by Crippen LogP contribution is -2.54. The Bertz CT molecular complexity index is 1030. The Kier molecular flexibility index (Phi) is 5.19. The minimum Gasteiger partial charge on any atom is -0.493 e. The predicted molar refractivity (Wildman–Crippen MR) is 115 cm³/mol. The number of carbonyl (C=O) groups excluding carboxylic acids is 1. The summed E-state index contributed by atoms with van der Waals surface area (Å²) in [6.45, 7) is 2.67. The number of nitrogens with zero attached hydrogens (tertiary/aromatic N) is 2. The fourth-order valence-electron chi connectivity index (χ4n) is 4.82. The molecule has 0 aromatic heterocycles. The van der Waals surface area contributed by atoms with Crippen molar-refractivity contribution in [3.05, 3.63) is 62.1 Å². The van der Waals surface area contributed by atoms with E-state index in [1.165, 1.54) is 7.11 Å². The van der Waals surface area contributed by atoms with Crippen molar-refractivity contribution in [3.8, 4) is 11.5 Å². The molecule has 0 bridgehead atoms. The molecule has 1 fully saturated rings. The van der Waals surface area contributed by atoms with Gasteiger partial charge in [-0.1, -0.05) is 18.2 Å². The minimum atomic E-state index is -1.37. The van der Waals surface area contributed by atoms with Crippen molar-refractivity contribution in [1.29, 1.82) is 0 Å². The van der Waals surface area contributed by atoms with Crippen LogP contribution in [-0.4, -0.2) is 49.1 Å². The molecule has 1 amide bonds. The zero-order chi connectivity index (χ0) is 21.6. The molecule has 4 rings (SSSR count). The molecule has 0 unspecified atom stereocenters. The summed E-state index contributed by atoms with van der Waals surface area (Å²) in [5, 5.41) is 15.2. The molecule has 2 aromatic carbocycles. The summed E-state index contributed by atoms with van der Waals surface area (Å²) in [5.41, 5.74) is 0.596. The van der Waals surface area contributed by atoms with E-state index in [0.29, 0.717) is 45.9 Å². The highest BCUT2D eigenvalue weighted by molar-refractivity contribution is 9.10. The molecule has 0 saturated carbocycles. The van der Waals surface area contributed by atoms with E-state index in [2.05, 4.69) is 21.2 Å². The molecule has 2 heterocycles. The van der Waals surface area contributed by atoms with E-state index in [-0.39, 0.29) is 10.8 Å². The van der Waals surface area contributed by atoms with Crippen molar-refractivity contribution in [2.45, 2.75) is 24.4 Å². The number of hydrogen-bond donors (Lipinski definition) is 1. The number of likely N-dealkylation sites (N-methyl/N-ethyl adjacent to an activating group) is 1. The average molecular weight is 476 g/mol. The number of nitro groups is 1. The number of ether oxygens (including phenoxy) is 2. The van der Waals surface area contributed by atoms with Gasteiger partial charge in [0.1, 0.15) is 0 Å². The highest BCUT2D eigenvalue weighted by atomic mass is 79.9. The van der Waals surface area contributed by atoms with Gasteiger partial charge in [-0.15, -0.1) is 0 Å². The van der Waals surface area contributed by atoms with E-state index in [1.54, 1.807) is 42.3 Å². The van der Waals surface area contributed by atoms with Gasteiger partial charge in [0.25, 0.3) is 11.9 Å². The number of carbonyl (C=O) groups is 1. The molecule has 1 N–H and O–H groups in total. The lowest BCUT2D eigenvalue weighted by Gasteiger charge is -2.30. The maximum atomic E-state index is 13.2. The van der Waals surface area contributed by atoms with Gasteiger partial charge in [-0.05, 0) is 53.7 Å². The molecular formula is C21H22BrN3O5. The van der Waals surface area contributed by atoms with Crippen LogP contribution in [0.3, 0.4) is 0 Å². The van der Waals surface area contributed by atoms with Gasteiger partial charge in [0, 0.05) is 22.7 Å². The third kappa shape index (κ3) is 2.79. The zero-order valence-electron chi connectivity index (χ0n) is 16.8. The summed E-state index contributed by atoms with van der Waals surface area (Å²) in [6, 6.07) is 9.59. The molecule has 30 heavy (non-hydrogen) atoms. The van der Waals surface area contributed by atoms with Crippen LogP contribution in [0.1, 0.15) is 24.0 Å². The van der Waals surface area contributed by atoms with Gasteiger partial charge in [-0.2, -0.15) is 0 Å². The summed E-state index contributed by atoms with van der Waals surface area (Å²) >= 11 is 3.50. The van der Waals surface area contributed by atoms with Crippen LogP contribution in [0.15, 0.2) is 40.9 Å². The van der Waals surface area contributed by atoms with E-state index < -0.39 is 17.5 Å². The van der Waals surface area contributed by atoms with Gasteiger partial charge in [-0.3, -0.25) is 19.8 Å². The summed E-state index contributed by atoms with van der Waals surface area (Å²) < 4.78 is 11.8. The van der Waals surface area contributed by atoms with Crippen molar-refractivity contribution in [2.24, 2.45) is 0 Å². The average Bonchev–Trinajstić information content (AvgIpc) is 3.19. The summed E-state index contributed by atoms with van der Waals surface area (Å²) in [6.07, 6.45) is 0. The number of nitrogens with one attached hydrogen (secondary N) is 1. The third-order valence-electron chi connectivity index (χ3n) is 6.01. The van der Waals surface area contributed by atoms with Crippen LogP contribution in [0.4, 0.5) is 5.69 Å². The lowest BCUT2D eigenvalue weighted by molar-refractivity contribution is -0.534. The molecule has 2 aromatic rings. The van der Waals surface area contributed by atoms with Crippen molar-refractivity contribution in [1.82, 2.24) is 4.90 Å². The number of rotatable bonds is 5.